The Hall–Kier alpha value is -1.77. The lowest BCUT2D eigenvalue weighted by Gasteiger charge is -2.16. The Morgan fingerprint density at radius 2 is 2.29 bits per heavy atom. The maximum atomic E-state index is 11.0. The van der Waals surface area contributed by atoms with E-state index >= 15 is 0 Å². The average Bonchev–Trinajstić information content (AvgIpc) is 2.66. The van der Waals surface area contributed by atoms with E-state index < -0.39 is 5.97 Å². The Morgan fingerprint density at radius 3 is 3.06 bits per heavy atom. The van der Waals surface area contributed by atoms with Gasteiger partial charge in [-0.2, -0.15) is 0 Å². The molecule has 0 fully saturated rings. The van der Waals surface area contributed by atoms with Crippen LogP contribution in [0.25, 0.3) is 11.0 Å². The molecule has 1 atom stereocenters. The third-order valence-corrected chi connectivity index (χ3v) is 3.55. The van der Waals surface area contributed by atoms with Gasteiger partial charge in [0.1, 0.15) is 11.3 Å². The molecular weight excluding hydrogens is 216 g/mol. The number of benzene rings is 1. The number of hydrogen-bond acceptors (Lipinski definition) is 2. The minimum absolute atomic E-state index is 0.288. The Kier molecular flexibility index (Phi) is 2.21. The molecule has 2 aromatic rings. The standard InChI is InChI=1S/C14H14O3/c1-8-2-5-12-11(6-8)10-4-3-9(14(15)16)7-13(10)17-12/h2,5-6,9H,3-4,7H2,1H3,(H,15,16). The van der Waals surface area contributed by atoms with Gasteiger partial charge in [-0.15, -0.1) is 0 Å². The van der Waals surface area contributed by atoms with Crippen LogP contribution in [0, 0.1) is 12.8 Å². The summed E-state index contributed by atoms with van der Waals surface area (Å²) in [5.41, 5.74) is 3.30. The van der Waals surface area contributed by atoms with Crippen LogP contribution in [0.5, 0.6) is 0 Å². The average molecular weight is 230 g/mol. The van der Waals surface area contributed by atoms with Crippen LogP contribution in [0.1, 0.15) is 23.3 Å². The molecule has 0 bridgehead atoms. The molecule has 1 aromatic carbocycles. The van der Waals surface area contributed by atoms with E-state index in [1.165, 1.54) is 11.1 Å². The lowest BCUT2D eigenvalue weighted by atomic mass is 9.87. The first-order chi connectivity index (χ1) is 8.15. The van der Waals surface area contributed by atoms with E-state index in [2.05, 4.69) is 13.0 Å². The van der Waals surface area contributed by atoms with Crippen LogP contribution in [0.2, 0.25) is 0 Å². The number of carboxylic acids is 1. The van der Waals surface area contributed by atoms with Crippen LogP contribution >= 0.6 is 0 Å². The zero-order chi connectivity index (χ0) is 12.0. The Morgan fingerprint density at radius 1 is 1.47 bits per heavy atom. The predicted octanol–water partition coefficient (Wildman–Crippen LogP) is 2.93. The Labute approximate surface area is 99.0 Å². The molecule has 1 heterocycles. The first kappa shape index (κ1) is 10.4. The van der Waals surface area contributed by atoms with E-state index in [9.17, 15) is 4.79 Å². The summed E-state index contributed by atoms with van der Waals surface area (Å²) in [6.45, 7) is 2.06. The number of fused-ring (bicyclic) bond motifs is 3. The number of aryl methyl sites for hydroxylation is 2. The van der Waals surface area contributed by atoms with Gasteiger partial charge in [0.15, 0.2) is 0 Å². The van der Waals surface area contributed by atoms with E-state index in [1.807, 2.05) is 12.1 Å². The molecule has 0 spiro atoms. The van der Waals surface area contributed by atoms with E-state index in [0.717, 1.165) is 23.2 Å². The molecular formula is C14H14O3. The number of aliphatic carboxylic acids is 1. The third kappa shape index (κ3) is 1.62. The summed E-state index contributed by atoms with van der Waals surface area (Å²) in [6.07, 6.45) is 2.05. The minimum atomic E-state index is -0.715. The normalized spacial score (nSPS) is 19.2. The molecule has 3 nitrogen and oxygen atoms in total. The fourth-order valence-electron chi connectivity index (χ4n) is 2.61. The molecule has 1 aliphatic rings. The SMILES string of the molecule is Cc1ccc2oc3c(c2c1)CCC(C(=O)O)C3. The second-order valence-electron chi connectivity index (χ2n) is 4.78. The maximum Gasteiger partial charge on any atom is 0.306 e. The monoisotopic (exact) mass is 230 g/mol. The molecule has 0 amide bonds. The minimum Gasteiger partial charge on any atom is -0.481 e. The summed E-state index contributed by atoms with van der Waals surface area (Å²) < 4.78 is 5.76. The van der Waals surface area contributed by atoms with Gasteiger partial charge in [-0.3, -0.25) is 4.79 Å². The molecule has 17 heavy (non-hydrogen) atoms. The van der Waals surface area contributed by atoms with Gasteiger partial charge in [-0.05, 0) is 31.9 Å². The highest BCUT2D eigenvalue weighted by atomic mass is 16.4. The molecule has 1 N–H and O–H groups in total. The first-order valence-electron chi connectivity index (χ1n) is 5.89. The van der Waals surface area contributed by atoms with Crippen molar-refractivity contribution in [2.45, 2.75) is 26.2 Å². The van der Waals surface area contributed by atoms with Crippen molar-refractivity contribution in [1.29, 1.82) is 0 Å². The van der Waals surface area contributed by atoms with Crippen LogP contribution in [-0.4, -0.2) is 11.1 Å². The van der Waals surface area contributed by atoms with Crippen molar-refractivity contribution >= 4 is 16.9 Å². The summed E-state index contributed by atoms with van der Waals surface area (Å²) in [4.78, 5) is 11.0. The molecule has 0 aliphatic heterocycles. The smallest absolute Gasteiger partial charge is 0.306 e. The second-order valence-corrected chi connectivity index (χ2v) is 4.78. The third-order valence-electron chi connectivity index (χ3n) is 3.55. The molecule has 1 aromatic heterocycles. The van der Waals surface area contributed by atoms with Crippen LogP contribution in [0.15, 0.2) is 22.6 Å². The number of furan rings is 1. The number of hydrogen-bond donors (Lipinski definition) is 1. The van der Waals surface area contributed by atoms with Crippen LogP contribution in [-0.2, 0) is 17.6 Å². The van der Waals surface area contributed by atoms with Gasteiger partial charge in [0.05, 0.1) is 5.92 Å². The van der Waals surface area contributed by atoms with Gasteiger partial charge < -0.3 is 9.52 Å². The molecule has 0 saturated carbocycles. The van der Waals surface area contributed by atoms with Crippen molar-refractivity contribution in [2.75, 3.05) is 0 Å². The molecule has 0 radical (unpaired) electrons. The quantitative estimate of drug-likeness (QED) is 0.819. The van der Waals surface area contributed by atoms with Gasteiger partial charge in [0.25, 0.3) is 0 Å². The van der Waals surface area contributed by atoms with Gasteiger partial charge >= 0.3 is 5.97 Å². The number of carboxylic acid groups (broad SMARTS) is 1. The van der Waals surface area contributed by atoms with E-state index in [0.29, 0.717) is 12.8 Å². The highest BCUT2D eigenvalue weighted by Gasteiger charge is 2.28. The molecule has 1 unspecified atom stereocenters. The lowest BCUT2D eigenvalue weighted by molar-refractivity contribution is -0.142. The second kappa shape index (κ2) is 3.62. The Balaban J connectivity index is 2.10. The molecule has 3 rings (SSSR count). The molecule has 88 valence electrons. The van der Waals surface area contributed by atoms with Gasteiger partial charge in [0, 0.05) is 17.4 Å². The van der Waals surface area contributed by atoms with Gasteiger partial charge in [-0.1, -0.05) is 11.6 Å². The van der Waals surface area contributed by atoms with Crippen LogP contribution < -0.4 is 0 Å². The molecule has 3 heteroatoms. The van der Waals surface area contributed by atoms with Gasteiger partial charge in [-0.25, -0.2) is 0 Å². The van der Waals surface area contributed by atoms with E-state index in [1.54, 1.807) is 0 Å². The fourth-order valence-corrected chi connectivity index (χ4v) is 2.61. The van der Waals surface area contributed by atoms with Crippen molar-refractivity contribution < 1.29 is 14.3 Å². The predicted molar refractivity (Wildman–Crippen MR) is 64.1 cm³/mol. The van der Waals surface area contributed by atoms with Crippen molar-refractivity contribution in [1.82, 2.24) is 0 Å². The maximum absolute atomic E-state index is 11.0. The van der Waals surface area contributed by atoms with E-state index in [4.69, 9.17) is 9.52 Å². The Bertz CT molecular complexity index is 595. The fraction of sp³-hybridized carbons (Fsp3) is 0.357. The number of carbonyl (C=O) groups is 1. The lowest BCUT2D eigenvalue weighted by Crippen LogP contribution is -2.21. The molecule has 0 saturated heterocycles. The summed E-state index contributed by atoms with van der Waals surface area (Å²) >= 11 is 0. The zero-order valence-electron chi connectivity index (χ0n) is 9.69. The highest BCUT2D eigenvalue weighted by Crippen LogP contribution is 2.34. The summed E-state index contributed by atoms with van der Waals surface area (Å²) in [7, 11) is 0. The topological polar surface area (TPSA) is 50.4 Å². The summed E-state index contributed by atoms with van der Waals surface area (Å²) in [5.74, 6) is -0.138. The number of rotatable bonds is 1. The molecule has 1 aliphatic carbocycles. The highest BCUT2D eigenvalue weighted by molar-refractivity contribution is 5.84. The van der Waals surface area contributed by atoms with Crippen molar-refractivity contribution in [3.63, 3.8) is 0 Å². The zero-order valence-corrected chi connectivity index (χ0v) is 9.69. The first-order valence-corrected chi connectivity index (χ1v) is 5.89. The summed E-state index contributed by atoms with van der Waals surface area (Å²) in [5, 5.41) is 10.2. The van der Waals surface area contributed by atoms with E-state index in [-0.39, 0.29) is 5.92 Å². The van der Waals surface area contributed by atoms with Crippen LogP contribution in [0.3, 0.4) is 0 Å². The summed E-state index contributed by atoms with van der Waals surface area (Å²) in [6, 6.07) is 6.11. The van der Waals surface area contributed by atoms with Crippen molar-refractivity contribution in [2.24, 2.45) is 5.92 Å². The van der Waals surface area contributed by atoms with Crippen molar-refractivity contribution in [3.05, 3.63) is 35.1 Å². The van der Waals surface area contributed by atoms with Gasteiger partial charge in [0.2, 0.25) is 0 Å². The van der Waals surface area contributed by atoms with Crippen LogP contribution in [0.4, 0.5) is 0 Å². The largest absolute Gasteiger partial charge is 0.481 e. The van der Waals surface area contributed by atoms with Crippen molar-refractivity contribution in [3.8, 4) is 0 Å².